The number of hydrogen-bond donors (Lipinski definition) is 2. The highest BCUT2D eigenvalue weighted by Gasteiger charge is 2.07. The summed E-state index contributed by atoms with van der Waals surface area (Å²) in [5.41, 5.74) is 1.17. The summed E-state index contributed by atoms with van der Waals surface area (Å²) in [7, 11) is 0. The average molecular weight is 216 g/mol. The van der Waals surface area contributed by atoms with Crippen LogP contribution >= 0.6 is 0 Å². The predicted molar refractivity (Wildman–Crippen MR) is 56.4 cm³/mol. The highest BCUT2D eigenvalue weighted by atomic mass is 16.4. The summed E-state index contributed by atoms with van der Waals surface area (Å²) in [5.74, 6) is -0.519. The van der Waals surface area contributed by atoms with Gasteiger partial charge in [-0.05, 0) is 12.1 Å². The Labute approximate surface area is 90.8 Å². The number of aromatic carboxylic acids is 1. The van der Waals surface area contributed by atoms with Crippen molar-refractivity contribution in [2.75, 3.05) is 0 Å². The zero-order valence-corrected chi connectivity index (χ0v) is 8.18. The summed E-state index contributed by atoms with van der Waals surface area (Å²) in [6.45, 7) is 0. The van der Waals surface area contributed by atoms with Crippen LogP contribution in [0.2, 0.25) is 0 Å². The Morgan fingerprint density at radius 2 is 2.25 bits per heavy atom. The number of rotatable bonds is 3. The van der Waals surface area contributed by atoms with Crippen molar-refractivity contribution >= 4 is 12.3 Å². The van der Waals surface area contributed by atoms with E-state index in [1.54, 1.807) is 12.1 Å². The largest absolute Gasteiger partial charge is 0.478 e. The highest BCUT2D eigenvalue weighted by molar-refractivity contribution is 5.89. The fourth-order valence-electron chi connectivity index (χ4n) is 1.34. The van der Waals surface area contributed by atoms with E-state index >= 15 is 0 Å². The van der Waals surface area contributed by atoms with Crippen LogP contribution < -0.4 is 0 Å². The van der Waals surface area contributed by atoms with Gasteiger partial charge in [-0.3, -0.25) is 4.79 Å². The third-order valence-electron chi connectivity index (χ3n) is 2.11. The first-order valence-electron chi connectivity index (χ1n) is 4.54. The number of hydrogen-bond acceptors (Lipinski definition) is 3. The molecule has 0 saturated carbocycles. The molecule has 0 spiro atoms. The molecule has 0 amide bonds. The zero-order chi connectivity index (χ0) is 11.5. The molecule has 1 aromatic heterocycles. The van der Waals surface area contributed by atoms with E-state index in [1.807, 2.05) is 0 Å². The number of carboxylic acid groups (broad SMARTS) is 1. The van der Waals surface area contributed by atoms with Gasteiger partial charge in [0.25, 0.3) is 0 Å². The van der Waals surface area contributed by atoms with Crippen LogP contribution in [-0.2, 0) is 0 Å². The van der Waals surface area contributed by atoms with E-state index in [0.29, 0.717) is 23.4 Å². The summed E-state index contributed by atoms with van der Waals surface area (Å²) in [4.78, 5) is 28.0. The monoisotopic (exact) mass is 216 g/mol. The van der Waals surface area contributed by atoms with Gasteiger partial charge in [-0.2, -0.15) is 0 Å². The van der Waals surface area contributed by atoms with Crippen molar-refractivity contribution < 1.29 is 14.7 Å². The lowest BCUT2D eigenvalue weighted by molar-refractivity contribution is 0.0696. The molecule has 1 heterocycles. The molecule has 0 aliphatic heterocycles. The molecular formula is C11H8N2O3. The maximum atomic E-state index is 10.8. The average Bonchev–Trinajstić information content (AvgIpc) is 2.77. The fourth-order valence-corrected chi connectivity index (χ4v) is 1.34. The number of imidazole rings is 1. The van der Waals surface area contributed by atoms with E-state index in [0.717, 1.165) is 0 Å². The lowest BCUT2D eigenvalue weighted by atomic mass is 10.1. The van der Waals surface area contributed by atoms with Gasteiger partial charge in [0, 0.05) is 5.56 Å². The second kappa shape index (κ2) is 3.98. The number of H-pyrrole nitrogens is 1. The van der Waals surface area contributed by atoms with E-state index in [-0.39, 0.29) is 5.56 Å². The highest BCUT2D eigenvalue weighted by Crippen LogP contribution is 2.16. The summed E-state index contributed by atoms with van der Waals surface area (Å²) >= 11 is 0. The van der Waals surface area contributed by atoms with Gasteiger partial charge in [-0.1, -0.05) is 12.1 Å². The van der Waals surface area contributed by atoms with Crippen molar-refractivity contribution in [2.45, 2.75) is 0 Å². The van der Waals surface area contributed by atoms with Crippen molar-refractivity contribution in [3.63, 3.8) is 0 Å². The fraction of sp³-hybridized carbons (Fsp3) is 0. The first-order chi connectivity index (χ1) is 7.70. The Hall–Kier alpha value is -2.43. The smallest absolute Gasteiger partial charge is 0.335 e. The van der Waals surface area contributed by atoms with Crippen LogP contribution in [0.1, 0.15) is 20.8 Å². The topological polar surface area (TPSA) is 83.1 Å². The molecule has 80 valence electrons. The van der Waals surface area contributed by atoms with E-state index in [4.69, 9.17) is 5.11 Å². The standard InChI is InChI=1S/C11H8N2O3/c14-6-9-5-12-10(13-9)7-2-1-3-8(4-7)11(15)16/h1-6H,(H,12,13)(H,15,16). The molecule has 0 bridgehead atoms. The summed E-state index contributed by atoms with van der Waals surface area (Å²) in [6, 6.07) is 6.34. The van der Waals surface area contributed by atoms with Crippen LogP contribution in [0.4, 0.5) is 0 Å². The molecule has 5 heteroatoms. The number of aromatic nitrogens is 2. The number of carboxylic acids is 1. The molecule has 16 heavy (non-hydrogen) atoms. The molecule has 2 N–H and O–H groups in total. The van der Waals surface area contributed by atoms with Crippen LogP contribution in [0, 0.1) is 0 Å². The number of aromatic amines is 1. The minimum Gasteiger partial charge on any atom is -0.478 e. The molecule has 0 unspecified atom stereocenters. The van der Waals surface area contributed by atoms with Gasteiger partial charge in [0.1, 0.15) is 5.82 Å². The molecule has 2 aromatic rings. The van der Waals surface area contributed by atoms with E-state index < -0.39 is 5.97 Å². The van der Waals surface area contributed by atoms with Crippen molar-refractivity contribution in [3.8, 4) is 11.4 Å². The molecule has 0 aliphatic rings. The lowest BCUT2D eigenvalue weighted by Gasteiger charge is -1.98. The second-order valence-corrected chi connectivity index (χ2v) is 3.19. The maximum absolute atomic E-state index is 10.8. The quantitative estimate of drug-likeness (QED) is 0.763. The van der Waals surface area contributed by atoms with Crippen LogP contribution in [-0.4, -0.2) is 27.3 Å². The van der Waals surface area contributed by atoms with Crippen molar-refractivity contribution in [3.05, 3.63) is 41.7 Å². The molecule has 0 atom stereocenters. The van der Waals surface area contributed by atoms with Gasteiger partial charge in [0.15, 0.2) is 6.29 Å². The minimum atomic E-state index is -0.996. The third kappa shape index (κ3) is 1.83. The van der Waals surface area contributed by atoms with Gasteiger partial charge in [0.2, 0.25) is 0 Å². The van der Waals surface area contributed by atoms with E-state index in [2.05, 4.69) is 9.97 Å². The Balaban J connectivity index is 2.43. The molecule has 0 fully saturated rings. The van der Waals surface area contributed by atoms with E-state index in [1.165, 1.54) is 18.3 Å². The number of aldehydes is 1. The third-order valence-corrected chi connectivity index (χ3v) is 2.11. The summed E-state index contributed by atoms with van der Waals surface area (Å²) in [6.07, 6.45) is 2.05. The number of nitrogens with zero attached hydrogens (tertiary/aromatic N) is 1. The summed E-state index contributed by atoms with van der Waals surface area (Å²) in [5, 5.41) is 8.82. The van der Waals surface area contributed by atoms with Crippen molar-refractivity contribution in [2.24, 2.45) is 0 Å². The Morgan fingerprint density at radius 3 is 2.88 bits per heavy atom. The molecule has 5 nitrogen and oxygen atoms in total. The van der Waals surface area contributed by atoms with Crippen LogP contribution in [0.5, 0.6) is 0 Å². The second-order valence-electron chi connectivity index (χ2n) is 3.19. The zero-order valence-electron chi connectivity index (χ0n) is 8.18. The summed E-state index contributed by atoms with van der Waals surface area (Å²) < 4.78 is 0. The number of carbonyl (C=O) groups is 2. The molecule has 2 rings (SSSR count). The van der Waals surface area contributed by atoms with Gasteiger partial charge in [0.05, 0.1) is 17.5 Å². The van der Waals surface area contributed by atoms with Gasteiger partial charge in [-0.15, -0.1) is 0 Å². The SMILES string of the molecule is O=Cc1cnc(-c2cccc(C(=O)O)c2)[nH]1. The Bertz CT molecular complexity index is 546. The van der Waals surface area contributed by atoms with Crippen molar-refractivity contribution in [1.82, 2.24) is 9.97 Å². The van der Waals surface area contributed by atoms with Crippen molar-refractivity contribution in [1.29, 1.82) is 0 Å². The number of benzene rings is 1. The molecule has 1 aromatic carbocycles. The first kappa shape index (κ1) is 10.1. The minimum absolute atomic E-state index is 0.182. The number of carbonyl (C=O) groups excluding carboxylic acids is 1. The van der Waals surface area contributed by atoms with Crippen LogP contribution in [0.15, 0.2) is 30.5 Å². The van der Waals surface area contributed by atoms with Gasteiger partial charge in [-0.25, -0.2) is 9.78 Å². The normalized spacial score (nSPS) is 10.0. The molecule has 0 aliphatic carbocycles. The van der Waals surface area contributed by atoms with Gasteiger partial charge >= 0.3 is 5.97 Å². The Kier molecular flexibility index (Phi) is 2.51. The predicted octanol–water partition coefficient (Wildman–Crippen LogP) is 1.59. The molecular weight excluding hydrogens is 208 g/mol. The Morgan fingerprint density at radius 1 is 1.44 bits per heavy atom. The molecule has 0 radical (unpaired) electrons. The van der Waals surface area contributed by atoms with Crippen LogP contribution in [0.3, 0.4) is 0 Å². The number of nitrogens with one attached hydrogen (secondary N) is 1. The lowest BCUT2D eigenvalue weighted by Crippen LogP contribution is -1.96. The molecule has 0 saturated heterocycles. The van der Waals surface area contributed by atoms with Gasteiger partial charge < -0.3 is 10.1 Å². The first-order valence-corrected chi connectivity index (χ1v) is 4.54. The maximum Gasteiger partial charge on any atom is 0.335 e. The van der Waals surface area contributed by atoms with Crippen LogP contribution in [0.25, 0.3) is 11.4 Å². The van der Waals surface area contributed by atoms with E-state index in [9.17, 15) is 9.59 Å².